The Balaban J connectivity index is 2.05. The van der Waals surface area contributed by atoms with Crippen LogP contribution in [0.4, 0.5) is 13.2 Å². The molecular weight excluding hydrogens is 417 g/mol. The predicted octanol–water partition coefficient (Wildman–Crippen LogP) is 4.79. The molecule has 9 heteroatoms. The van der Waals surface area contributed by atoms with Gasteiger partial charge in [-0.15, -0.1) is 11.3 Å². The number of methoxy groups -OCH3 is 1. The summed E-state index contributed by atoms with van der Waals surface area (Å²) in [6.45, 7) is 7.40. The summed E-state index contributed by atoms with van der Waals surface area (Å²) in [5.41, 5.74) is -1.30. The molecule has 1 fully saturated rings. The zero-order valence-corrected chi connectivity index (χ0v) is 18.2. The largest absolute Gasteiger partial charge is 0.496 e. The lowest BCUT2D eigenvalue weighted by molar-refractivity contribution is -0.137. The molecule has 0 bridgehead atoms. The van der Waals surface area contributed by atoms with Crippen molar-refractivity contribution in [3.8, 4) is 5.75 Å². The van der Waals surface area contributed by atoms with E-state index in [4.69, 9.17) is 9.47 Å². The van der Waals surface area contributed by atoms with E-state index in [9.17, 15) is 18.0 Å². The van der Waals surface area contributed by atoms with Crippen molar-refractivity contribution in [1.82, 2.24) is 4.57 Å². The lowest BCUT2D eigenvalue weighted by atomic mass is 9.95. The number of hydrogen-bond acceptors (Lipinski definition) is 4. The molecule has 3 rings (SSSR count). The van der Waals surface area contributed by atoms with E-state index < -0.39 is 17.6 Å². The van der Waals surface area contributed by atoms with Gasteiger partial charge in [0.25, 0.3) is 5.91 Å². The Hall–Kier alpha value is -2.13. The van der Waals surface area contributed by atoms with E-state index in [1.165, 1.54) is 18.4 Å². The molecule has 0 unspecified atom stereocenters. The minimum absolute atomic E-state index is 0.0320. The number of nitrogens with zero attached hydrogens (tertiary/aromatic N) is 2. The summed E-state index contributed by atoms with van der Waals surface area (Å²) in [4.78, 5) is 18.5. The third kappa shape index (κ3) is 5.13. The van der Waals surface area contributed by atoms with Crippen LogP contribution in [0, 0.1) is 0 Å². The minimum Gasteiger partial charge on any atom is -0.496 e. The highest BCUT2D eigenvalue weighted by Crippen LogP contribution is 2.33. The Morgan fingerprint density at radius 1 is 1.33 bits per heavy atom. The minimum atomic E-state index is -4.57. The van der Waals surface area contributed by atoms with Gasteiger partial charge in [-0.05, 0) is 36.5 Å². The van der Waals surface area contributed by atoms with Crippen LogP contribution in [0.3, 0.4) is 0 Å². The third-order valence-electron chi connectivity index (χ3n) is 4.84. The first kappa shape index (κ1) is 22.6. The summed E-state index contributed by atoms with van der Waals surface area (Å²) in [7, 11) is 1.31. The predicted molar refractivity (Wildman–Crippen MR) is 108 cm³/mol. The number of ether oxygens (including phenoxy) is 2. The van der Waals surface area contributed by atoms with Crippen molar-refractivity contribution in [2.75, 3.05) is 13.7 Å². The molecule has 0 radical (unpaired) electrons. The zero-order chi connectivity index (χ0) is 22.1. The van der Waals surface area contributed by atoms with Crippen LogP contribution in [0.25, 0.3) is 0 Å². The number of amides is 1. The summed E-state index contributed by atoms with van der Waals surface area (Å²) < 4.78 is 52.0. The third-order valence-corrected chi connectivity index (χ3v) is 6.28. The maximum absolute atomic E-state index is 13.1. The Morgan fingerprint density at radius 2 is 2.07 bits per heavy atom. The number of alkyl halides is 3. The van der Waals surface area contributed by atoms with Crippen molar-refractivity contribution >= 4 is 17.2 Å². The number of aromatic nitrogens is 1. The molecule has 1 aromatic heterocycles. The molecule has 0 spiro atoms. The van der Waals surface area contributed by atoms with Crippen LogP contribution >= 0.6 is 11.3 Å². The smallest absolute Gasteiger partial charge is 0.416 e. The highest BCUT2D eigenvalue weighted by molar-refractivity contribution is 7.09. The molecule has 1 saturated heterocycles. The summed E-state index contributed by atoms with van der Waals surface area (Å²) in [6.07, 6.45) is -0.688. The average Bonchev–Trinajstić information content (AvgIpc) is 3.31. The fraction of sp³-hybridized carbons (Fsp3) is 0.524. The highest BCUT2D eigenvalue weighted by atomic mass is 32.1. The number of thiazole rings is 1. The van der Waals surface area contributed by atoms with Crippen molar-refractivity contribution in [2.45, 2.75) is 57.9 Å². The van der Waals surface area contributed by atoms with Gasteiger partial charge < -0.3 is 14.0 Å². The normalized spacial score (nSPS) is 18.1. The topological polar surface area (TPSA) is 52.8 Å². The summed E-state index contributed by atoms with van der Waals surface area (Å²) in [5, 5.41) is 0. The molecule has 0 aliphatic carbocycles. The Morgan fingerprint density at radius 3 is 2.63 bits per heavy atom. The molecule has 164 valence electrons. The van der Waals surface area contributed by atoms with Gasteiger partial charge in [-0.1, -0.05) is 20.8 Å². The van der Waals surface area contributed by atoms with E-state index in [1.807, 2.05) is 10.8 Å². The molecule has 5 nitrogen and oxygen atoms in total. The lowest BCUT2D eigenvalue weighted by Crippen LogP contribution is -2.23. The SMILES string of the molecule is COc1ccc(C(F)(F)F)cc1C(=O)N=c1sc(C(C)(C)C)cn1C[C@H]1CCCO1. The van der Waals surface area contributed by atoms with Gasteiger partial charge in [0.2, 0.25) is 0 Å². The second-order valence-electron chi connectivity index (χ2n) is 8.25. The van der Waals surface area contributed by atoms with E-state index in [0.717, 1.165) is 35.9 Å². The first-order valence-corrected chi connectivity index (χ1v) is 10.5. The van der Waals surface area contributed by atoms with Gasteiger partial charge in [-0.2, -0.15) is 18.2 Å². The van der Waals surface area contributed by atoms with Crippen LogP contribution in [0.5, 0.6) is 5.75 Å². The fourth-order valence-electron chi connectivity index (χ4n) is 3.15. The Labute approximate surface area is 177 Å². The van der Waals surface area contributed by atoms with Gasteiger partial charge in [-0.25, -0.2) is 0 Å². The van der Waals surface area contributed by atoms with Gasteiger partial charge >= 0.3 is 6.18 Å². The summed E-state index contributed by atoms with van der Waals surface area (Å²) >= 11 is 1.35. The number of hydrogen-bond donors (Lipinski definition) is 0. The van der Waals surface area contributed by atoms with E-state index in [-0.39, 0.29) is 22.8 Å². The molecule has 2 aromatic rings. The van der Waals surface area contributed by atoms with Crippen LogP contribution < -0.4 is 9.54 Å². The van der Waals surface area contributed by atoms with Crippen LogP contribution in [0.2, 0.25) is 0 Å². The molecule has 30 heavy (non-hydrogen) atoms. The van der Waals surface area contributed by atoms with Crippen molar-refractivity contribution < 1.29 is 27.4 Å². The van der Waals surface area contributed by atoms with Crippen LogP contribution in [-0.2, 0) is 22.9 Å². The summed E-state index contributed by atoms with van der Waals surface area (Å²) in [5.74, 6) is -0.726. The molecule has 0 N–H and O–H groups in total. The fourth-order valence-corrected chi connectivity index (χ4v) is 4.21. The molecular formula is C21H25F3N2O3S. The van der Waals surface area contributed by atoms with Gasteiger partial charge in [0, 0.05) is 17.7 Å². The molecule has 1 amide bonds. The van der Waals surface area contributed by atoms with E-state index in [1.54, 1.807) is 0 Å². The number of carbonyl (C=O) groups is 1. The van der Waals surface area contributed by atoms with E-state index >= 15 is 0 Å². The lowest BCUT2D eigenvalue weighted by Gasteiger charge is -2.15. The molecule has 1 aromatic carbocycles. The van der Waals surface area contributed by atoms with Crippen LogP contribution in [0.15, 0.2) is 29.4 Å². The molecule has 1 atom stereocenters. The van der Waals surface area contributed by atoms with E-state index in [2.05, 4.69) is 25.8 Å². The average molecular weight is 443 g/mol. The van der Waals surface area contributed by atoms with Gasteiger partial charge in [-0.3, -0.25) is 4.79 Å². The number of halogens is 3. The quantitative estimate of drug-likeness (QED) is 0.684. The first-order chi connectivity index (χ1) is 14.0. The monoisotopic (exact) mass is 442 g/mol. The molecule has 2 heterocycles. The van der Waals surface area contributed by atoms with Gasteiger partial charge in [0.15, 0.2) is 4.80 Å². The Kier molecular flexibility index (Phi) is 6.43. The standard InChI is InChI=1S/C21H25F3N2O3S/c1-20(2,3)17-12-26(11-14-6-5-9-29-14)19(30-17)25-18(27)15-10-13(21(22,23)24)7-8-16(15)28-4/h7-8,10,12,14H,5-6,9,11H2,1-4H3/t14-/m1/s1. The first-order valence-electron chi connectivity index (χ1n) is 9.65. The van der Waals surface area contributed by atoms with Gasteiger partial charge in [0.05, 0.1) is 30.9 Å². The second-order valence-corrected chi connectivity index (χ2v) is 9.25. The van der Waals surface area contributed by atoms with Crippen LogP contribution in [-0.4, -0.2) is 30.3 Å². The maximum atomic E-state index is 13.1. The van der Waals surface area contributed by atoms with Crippen molar-refractivity contribution in [1.29, 1.82) is 0 Å². The number of carbonyl (C=O) groups excluding carboxylic acids is 1. The highest BCUT2D eigenvalue weighted by Gasteiger charge is 2.32. The number of benzene rings is 1. The van der Waals surface area contributed by atoms with Gasteiger partial charge in [0.1, 0.15) is 5.75 Å². The summed E-state index contributed by atoms with van der Waals surface area (Å²) in [6, 6.07) is 2.81. The van der Waals surface area contributed by atoms with Crippen LogP contribution in [0.1, 0.15) is 54.4 Å². The van der Waals surface area contributed by atoms with Crippen molar-refractivity contribution in [3.63, 3.8) is 0 Å². The number of rotatable bonds is 4. The van der Waals surface area contributed by atoms with Crippen molar-refractivity contribution in [2.24, 2.45) is 4.99 Å². The molecule has 1 aliphatic heterocycles. The second kappa shape index (κ2) is 8.55. The zero-order valence-electron chi connectivity index (χ0n) is 17.4. The maximum Gasteiger partial charge on any atom is 0.416 e. The van der Waals surface area contributed by atoms with E-state index in [0.29, 0.717) is 18.0 Å². The Bertz CT molecular complexity index is 981. The van der Waals surface area contributed by atoms with Crippen molar-refractivity contribution in [3.05, 3.63) is 45.2 Å². The molecule has 0 saturated carbocycles. The molecule has 1 aliphatic rings.